The van der Waals surface area contributed by atoms with Crippen LogP contribution in [0.15, 0.2) is 29.2 Å². The van der Waals surface area contributed by atoms with E-state index in [0.717, 1.165) is 18.5 Å². The molecule has 1 N–H and O–H groups in total. The van der Waals surface area contributed by atoms with E-state index in [0.29, 0.717) is 11.4 Å². The molecule has 1 atom stereocenters. The van der Waals surface area contributed by atoms with Crippen LogP contribution < -0.4 is 5.32 Å². The van der Waals surface area contributed by atoms with E-state index >= 15 is 0 Å². The largest absolute Gasteiger partial charge is 0.313 e. The van der Waals surface area contributed by atoms with Gasteiger partial charge in [-0.2, -0.15) is 4.31 Å². The molecule has 0 aromatic heterocycles. The second-order valence-corrected chi connectivity index (χ2v) is 7.21. The van der Waals surface area contributed by atoms with Gasteiger partial charge in [-0.05, 0) is 37.9 Å². The number of aryl methyl sites for hydroxylation is 1. The maximum Gasteiger partial charge on any atom is 0.243 e. The highest BCUT2D eigenvalue weighted by Gasteiger charge is 2.25. The normalized spacial score (nSPS) is 20.7. The summed E-state index contributed by atoms with van der Waals surface area (Å²) >= 11 is 0. The van der Waals surface area contributed by atoms with Crippen molar-refractivity contribution in [3.05, 3.63) is 29.8 Å². The van der Waals surface area contributed by atoms with E-state index in [4.69, 9.17) is 0 Å². The number of benzene rings is 1. The van der Waals surface area contributed by atoms with Crippen LogP contribution in [0.25, 0.3) is 0 Å². The molecular formula is C14H22N2O2S. The lowest BCUT2D eigenvalue weighted by Gasteiger charge is -2.28. The molecule has 0 amide bonds. The zero-order valence-corrected chi connectivity index (χ0v) is 12.4. The Kier molecular flexibility index (Phi) is 4.60. The standard InChI is InChI=1S/C14H22N2O2S/c1-12-7-3-4-9-14(12)19(17,18)16(2)11-13-8-5-6-10-15-13/h3-4,7,9,13,15H,5-6,8,10-11H2,1-2H3. The summed E-state index contributed by atoms with van der Waals surface area (Å²) in [5, 5.41) is 3.38. The van der Waals surface area contributed by atoms with Gasteiger partial charge in [0.05, 0.1) is 4.90 Å². The Bertz CT molecular complexity index is 522. The molecule has 0 spiro atoms. The number of hydrogen-bond donors (Lipinski definition) is 1. The average Bonchev–Trinajstić information content (AvgIpc) is 2.40. The molecule has 0 bridgehead atoms. The first-order chi connectivity index (χ1) is 9.01. The lowest BCUT2D eigenvalue weighted by Crippen LogP contribution is -2.44. The van der Waals surface area contributed by atoms with E-state index in [9.17, 15) is 8.42 Å². The number of hydrogen-bond acceptors (Lipinski definition) is 3. The quantitative estimate of drug-likeness (QED) is 0.915. The van der Waals surface area contributed by atoms with Gasteiger partial charge in [0.2, 0.25) is 10.0 Å². The number of nitrogens with one attached hydrogen (secondary N) is 1. The van der Waals surface area contributed by atoms with E-state index < -0.39 is 10.0 Å². The SMILES string of the molecule is Cc1ccccc1S(=O)(=O)N(C)CC1CCCCN1. The fourth-order valence-corrected chi connectivity index (χ4v) is 3.94. The lowest BCUT2D eigenvalue weighted by atomic mass is 10.1. The Labute approximate surface area is 115 Å². The summed E-state index contributed by atoms with van der Waals surface area (Å²) in [5.41, 5.74) is 0.797. The van der Waals surface area contributed by atoms with Crippen LogP contribution >= 0.6 is 0 Å². The van der Waals surface area contributed by atoms with Gasteiger partial charge in [-0.25, -0.2) is 8.42 Å². The first-order valence-electron chi connectivity index (χ1n) is 6.77. The first kappa shape index (κ1) is 14.5. The minimum Gasteiger partial charge on any atom is -0.313 e. The van der Waals surface area contributed by atoms with Gasteiger partial charge < -0.3 is 5.32 Å². The van der Waals surface area contributed by atoms with Gasteiger partial charge in [0.15, 0.2) is 0 Å². The Morgan fingerprint density at radius 1 is 1.32 bits per heavy atom. The molecule has 0 radical (unpaired) electrons. The Morgan fingerprint density at radius 3 is 2.68 bits per heavy atom. The Morgan fingerprint density at radius 2 is 2.05 bits per heavy atom. The average molecular weight is 282 g/mol. The van der Waals surface area contributed by atoms with Crippen molar-refractivity contribution >= 4 is 10.0 Å². The first-order valence-corrected chi connectivity index (χ1v) is 8.21. The predicted octanol–water partition coefficient (Wildman–Crippen LogP) is 1.76. The molecular weight excluding hydrogens is 260 g/mol. The molecule has 19 heavy (non-hydrogen) atoms. The molecule has 4 nitrogen and oxygen atoms in total. The Hall–Kier alpha value is -0.910. The third kappa shape index (κ3) is 3.35. The molecule has 2 rings (SSSR count). The monoisotopic (exact) mass is 282 g/mol. The molecule has 0 aliphatic carbocycles. The number of nitrogens with zero attached hydrogens (tertiary/aromatic N) is 1. The van der Waals surface area contributed by atoms with Crippen molar-refractivity contribution in [3.63, 3.8) is 0 Å². The zero-order chi connectivity index (χ0) is 13.9. The molecule has 106 valence electrons. The van der Waals surface area contributed by atoms with E-state index in [1.54, 1.807) is 19.2 Å². The molecule has 1 fully saturated rings. The summed E-state index contributed by atoms with van der Waals surface area (Å²) in [6, 6.07) is 7.41. The fourth-order valence-electron chi connectivity index (χ4n) is 2.50. The van der Waals surface area contributed by atoms with Crippen LogP contribution in [-0.4, -0.2) is 38.9 Å². The number of likely N-dealkylation sites (N-methyl/N-ethyl adjacent to an activating group) is 1. The molecule has 0 saturated carbocycles. The summed E-state index contributed by atoms with van der Waals surface area (Å²) < 4.78 is 26.5. The van der Waals surface area contributed by atoms with Crippen LogP contribution in [0.2, 0.25) is 0 Å². The van der Waals surface area contributed by atoms with Crippen LogP contribution in [-0.2, 0) is 10.0 Å². The van der Waals surface area contributed by atoms with Crippen molar-refractivity contribution in [2.45, 2.75) is 37.1 Å². The summed E-state index contributed by atoms with van der Waals surface area (Å²) in [4.78, 5) is 0.410. The molecule has 1 saturated heterocycles. The van der Waals surface area contributed by atoms with Crippen LogP contribution in [0.1, 0.15) is 24.8 Å². The van der Waals surface area contributed by atoms with E-state index in [-0.39, 0.29) is 6.04 Å². The highest BCUT2D eigenvalue weighted by atomic mass is 32.2. The summed E-state index contributed by atoms with van der Waals surface area (Å²) in [5.74, 6) is 0. The highest BCUT2D eigenvalue weighted by molar-refractivity contribution is 7.89. The third-order valence-corrected chi connectivity index (χ3v) is 5.66. The topological polar surface area (TPSA) is 49.4 Å². The van der Waals surface area contributed by atoms with Crippen molar-refractivity contribution in [2.75, 3.05) is 20.1 Å². The summed E-state index contributed by atoms with van der Waals surface area (Å²) in [7, 11) is -1.71. The fraction of sp³-hybridized carbons (Fsp3) is 0.571. The lowest BCUT2D eigenvalue weighted by molar-refractivity contribution is 0.337. The van der Waals surface area contributed by atoms with E-state index in [1.807, 2.05) is 19.1 Å². The highest BCUT2D eigenvalue weighted by Crippen LogP contribution is 2.19. The molecule has 1 heterocycles. The van der Waals surface area contributed by atoms with Crippen molar-refractivity contribution < 1.29 is 8.42 Å². The minimum atomic E-state index is -3.38. The van der Waals surface area contributed by atoms with E-state index in [2.05, 4.69) is 5.32 Å². The summed E-state index contributed by atoms with van der Waals surface area (Å²) in [6.45, 7) is 3.36. The molecule has 1 aromatic carbocycles. The van der Waals surface area contributed by atoms with Gasteiger partial charge >= 0.3 is 0 Å². The molecule has 1 aliphatic heterocycles. The van der Waals surface area contributed by atoms with Gasteiger partial charge in [-0.15, -0.1) is 0 Å². The summed E-state index contributed by atoms with van der Waals surface area (Å²) in [6.07, 6.45) is 3.41. The van der Waals surface area contributed by atoms with Crippen LogP contribution in [0.3, 0.4) is 0 Å². The van der Waals surface area contributed by atoms with E-state index in [1.165, 1.54) is 17.1 Å². The maximum atomic E-state index is 12.5. The van der Waals surface area contributed by atoms with Crippen molar-refractivity contribution in [1.82, 2.24) is 9.62 Å². The number of piperidine rings is 1. The van der Waals surface area contributed by atoms with Gasteiger partial charge in [-0.3, -0.25) is 0 Å². The van der Waals surface area contributed by atoms with Crippen molar-refractivity contribution in [2.24, 2.45) is 0 Å². The van der Waals surface area contributed by atoms with Crippen LogP contribution in [0.5, 0.6) is 0 Å². The smallest absolute Gasteiger partial charge is 0.243 e. The minimum absolute atomic E-state index is 0.276. The number of sulfonamides is 1. The molecule has 1 aromatic rings. The zero-order valence-electron chi connectivity index (χ0n) is 11.6. The van der Waals surface area contributed by atoms with Crippen LogP contribution in [0, 0.1) is 6.92 Å². The molecule has 1 unspecified atom stereocenters. The van der Waals surface area contributed by atoms with Gasteiger partial charge in [0.25, 0.3) is 0 Å². The third-order valence-electron chi connectivity index (χ3n) is 3.67. The predicted molar refractivity (Wildman–Crippen MR) is 76.6 cm³/mol. The van der Waals surface area contributed by atoms with Gasteiger partial charge in [0, 0.05) is 19.6 Å². The molecule has 5 heteroatoms. The van der Waals surface area contributed by atoms with Gasteiger partial charge in [-0.1, -0.05) is 24.6 Å². The van der Waals surface area contributed by atoms with Crippen molar-refractivity contribution in [3.8, 4) is 0 Å². The second kappa shape index (κ2) is 6.03. The Balaban J connectivity index is 2.13. The molecule has 1 aliphatic rings. The van der Waals surface area contributed by atoms with Crippen LogP contribution in [0.4, 0.5) is 0 Å². The second-order valence-electron chi connectivity index (χ2n) is 5.20. The maximum absolute atomic E-state index is 12.5. The number of rotatable bonds is 4. The van der Waals surface area contributed by atoms with Crippen molar-refractivity contribution in [1.29, 1.82) is 0 Å². The van der Waals surface area contributed by atoms with Gasteiger partial charge in [0.1, 0.15) is 0 Å².